The van der Waals surface area contributed by atoms with Crippen molar-refractivity contribution >= 4 is 11.9 Å². The zero-order valence-corrected chi connectivity index (χ0v) is 56.0. The van der Waals surface area contributed by atoms with Gasteiger partial charge in [0.05, 0.1) is 25.4 Å². The summed E-state index contributed by atoms with van der Waals surface area (Å²) in [6.45, 7) is 4.96. The lowest BCUT2D eigenvalue weighted by Gasteiger charge is -2.20. The molecule has 0 aliphatic heterocycles. The van der Waals surface area contributed by atoms with Crippen LogP contribution in [-0.4, -0.2) is 47.4 Å². The van der Waals surface area contributed by atoms with E-state index in [2.05, 4.69) is 19.2 Å². The van der Waals surface area contributed by atoms with E-state index in [0.29, 0.717) is 19.4 Å². The molecule has 0 saturated carbocycles. The van der Waals surface area contributed by atoms with E-state index in [9.17, 15) is 19.8 Å². The second-order valence-electron chi connectivity index (χ2n) is 26.4. The number of hydrogen-bond donors (Lipinski definition) is 3. The molecular formula is C76H149NO5. The molecule has 0 spiro atoms. The van der Waals surface area contributed by atoms with Crippen molar-refractivity contribution in [1.82, 2.24) is 5.32 Å². The van der Waals surface area contributed by atoms with Crippen LogP contribution in [0.4, 0.5) is 0 Å². The van der Waals surface area contributed by atoms with Crippen molar-refractivity contribution in [3.05, 3.63) is 12.2 Å². The summed E-state index contributed by atoms with van der Waals surface area (Å²) in [4.78, 5) is 24.6. The fourth-order valence-electron chi connectivity index (χ4n) is 12.3. The van der Waals surface area contributed by atoms with Gasteiger partial charge in [-0.2, -0.15) is 0 Å². The van der Waals surface area contributed by atoms with Crippen molar-refractivity contribution in [2.75, 3.05) is 13.2 Å². The molecule has 0 radical (unpaired) electrons. The minimum Gasteiger partial charge on any atom is -0.466 e. The summed E-state index contributed by atoms with van der Waals surface area (Å²) >= 11 is 0. The predicted molar refractivity (Wildman–Crippen MR) is 361 cm³/mol. The molecule has 2 unspecified atom stereocenters. The van der Waals surface area contributed by atoms with E-state index in [-0.39, 0.29) is 18.5 Å². The Hall–Kier alpha value is -1.40. The van der Waals surface area contributed by atoms with Crippen molar-refractivity contribution < 1.29 is 24.5 Å². The molecule has 0 aromatic heterocycles. The molecule has 0 saturated heterocycles. The zero-order valence-electron chi connectivity index (χ0n) is 56.0. The molecule has 0 fully saturated rings. The first kappa shape index (κ1) is 80.6. The van der Waals surface area contributed by atoms with E-state index >= 15 is 0 Å². The normalized spacial score (nSPS) is 12.5. The number of rotatable bonds is 72. The molecule has 0 aliphatic rings. The minimum absolute atomic E-state index is 0.0248. The average molecular weight is 1160 g/mol. The minimum atomic E-state index is -0.842. The summed E-state index contributed by atoms with van der Waals surface area (Å²) in [6.07, 6.45) is 90.3. The van der Waals surface area contributed by atoms with Crippen LogP contribution >= 0.6 is 0 Å². The number of unbranched alkanes of at least 4 members (excludes halogenated alkanes) is 61. The van der Waals surface area contributed by atoms with Gasteiger partial charge >= 0.3 is 5.97 Å². The largest absolute Gasteiger partial charge is 0.466 e. The van der Waals surface area contributed by atoms with Crippen LogP contribution in [0.2, 0.25) is 0 Å². The summed E-state index contributed by atoms with van der Waals surface area (Å²) < 4.78 is 5.52. The van der Waals surface area contributed by atoms with Crippen LogP contribution in [0.5, 0.6) is 0 Å². The highest BCUT2D eigenvalue weighted by atomic mass is 16.5. The van der Waals surface area contributed by atoms with Crippen molar-refractivity contribution in [2.45, 2.75) is 450 Å². The number of carbonyl (C=O) groups is 2. The lowest BCUT2D eigenvalue weighted by Crippen LogP contribution is -2.45. The molecule has 0 aliphatic carbocycles. The molecule has 0 aromatic rings. The van der Waals surface area contributed by atoms with Crippen LogP contribution in [-0.2, 0) is 14.3 Å². The molecule has 0 rings (SSSR count). The van der Waals surface area contributed by atoms with Gasteiger partial charge in [0, 0.05) is 12.8 Å². The van der Waals surface area contributed by atoms with Crippen LogP contribution in [0.3, 0.4) is 0 Å². The monoisotopic (exact) mass is 1160 g/mol. The van der Waals surface area contributed by atoms with Gasteiger partial charge < -0.3 is 20.3 Å². The molecule has 488 valence electrons. The first-order valence-electron chi connectivity index (χ1n) is 38.0. The van der Waals surface area contributed by atoms with Crippen LogP contribution in [0, 0.1) is 0 Å². The van der Waals surface area contributed by atoms with E-state index in [1.807, 2.05) is 6.08 Å². The molecule has 6 heteroatoms. The number of nitrogens with one attached hydrogen (secondary N) is 1. The SMILES string of the molecule is CCCCCCCCCCCCCCCCCC/C=C/C(O)C(CO)NC(=O)CCCCCCCCCCCCCCCCCCCCCCCCCCCCCCCOC(=O)CCCCCCCCCCCCCCCCCCCC. The highest BCUT2D eigenvalue weighted by Crippen LogP contribution is 2.20. The standard InChI is InChI=1S/C76H149NO5/c1-3-5-7-9-11-13-15-17-19-21-36-40-44-48-52-56-60-64-68-74(79)73(72-78)77-75(80)69-65-61-57-53-49-45-41-37-34-32-30-28-26-24-23-25-27-29-31-33-35-39-43-47-51-55-59-63-67-71-82-76(81)70-66-62-58-54-50-46-42-38-22-20-18-16-14-12-10-8-6-4-2/h64,68,73-74,78-79H,3-63,65-67,69-72H2,1-2H3,(H,77,80)/b68-64+. The Morgan fingerprint density at radius 3 is 0.829 bits per heavy atom. The Morgan fingerprint density at radius 2 is 0.561 bits per heavy atom. The Labute approximate surface area is 514 Å². The Kier molecular flexibility index (Phi) is 70.8. The lowest BCUT2D eigenvalue weighted by atomic mass is 10.0. The van der Waals surface area contributed by atoms with Gasteiger partial charge in [-0.1, -0.05) is 405 Å². The Balaban J connectivity index is 3.33. The van der Waals surface area contributed by atoms with Gasteiger partial charge in [0.2, 0.25) is 5.91 Å². The van der Waals surface area contributed by atoms with Gasteiger partial charge in [-0.25, -0.2) is 0 Å². The van der Waals surface area contributed by atoms with Gasteiger partial charge in [-0.3, -0.25) is 9.59 Å². The zero-order chi connectivity index (χ0) is 59.2. The maximum absolute atomic E-state index is 12.5. The molecule has 82 heavy (non-hydrogen) atoms. The number of allylic oxidation sites excluding steroid dienone is 1. The van der Waals surface area contributed by atoms with Crippen LogP contribution in [0.25, 0.3) is 0 Å². The highest BCUT2D eigenvalue weighted by molar-refractivity contribution is 5.76. The third-order valence-corrected chi connectivity index (χ3v) is 18.1. The van der Waals surface area contributed by atoms with Gasteiger partial charge in [0.15, 0.2) is 0 Å². The Morgan fingerprint density at radius 1 is 0.329 bits per heavy atom. The van der Waals surface area contributed by atoms with E-state index in [1.165, 1.54) is 372 Å². The first-order chi connectivity index (χ1) is 40.5. The highest BCUT2D eigenvalue weighted by Gasteiger charge is 2.18. The third-order valence-electron chi connectivity index (χ3n) is 18.1. The maximum Gasteiger partial charge on any atom is 0.305 e. The third kappa shape index (κ3) is 67.7. The molecule has 0 aromatic carbocycles. The van der Waals surface area contributed by atoms with Crippen LogP contribution in [0.15, 0.2) is 12.2 Å². The Bertz CT molecular complexity index is 1240. The number of aliphatic hydroxyl groups excluding tert-OH is 2. The molecule has 1 amide bonds. The summed E-state index contributed by atoms with van der Waals surface area (Å²) in [7, 11) is 0. The smallest absolute Gasteiger partial charge is 0.305 e. The number of carbonyl (C=O) groups excluding carboxylic acids is 2. The molecule has 0 bridgehead atoms. The molecule has 3 N–H and O–H groups in total. The number of esters is 1. The van der Waals surface area contributed by atoms with Crippen LogP contribution < -0.4 is 5.32 Å². The van der Waals surface area contributed by atoms with E-state index in [1.54, 1.807) is 6.08 Å². The quantitative estimate of drug-likeness (QED) is 0.0320. The van der Waals surface area contributed by atoms with Crippen molar-refractivity contribution in [2.24, 2.45) is 0 Å². The summed E-state index contributed by atoms with van der Waals surface area (Å²) in [5.41, 5.74) is 0. The van der Waals surface area contributed by atoms with Crippen molar-refractivity contribution in [3.8, 4) is 0 Å². The maximum atomic E-state index is 12.5. The van der Waals surface area contributed by atoms with E-state index in [0.717, 1.165) is 38.5 Å². The summed E-state index contributed by atoms with van der Waals surface area (Å²) in [6, 6.07) is -0.625. The van der Waals surface area contributed by atoms with Crippen molar-refractivity contribution in [3.63, 3.8) is 0 Å². The predicted octanol–water partition coefficient (Wildman–Crippen LogP) is 24.7. The average Bonchev–Trinajstić information content (AvgIpc) is 3.48. The number of amides is 1. The van der Waals surface area contributed by atoms with Crippen LogP contribution in [0.1, 0.15) is 438 Å². The number of aliphatic hydroxyl groups is 2. The molecule has 6 nitrogen and oxygen atoms in total. The number of ether oxygens (including phenoxy) is 1. The van der Waals surface area contributed by atoms with Gasteiger partial charge in [0.25, 0.3) is 0 Å². The van der Waals surface area contributed by atoms with Crippen molar-refractivity contribution in [1.29, 1.82) is 0 Å². The fraction of sp³-hybridized carbons (Fsp3) is 0.947. The molecule has 0 heterocycles. The summed E-state index contributed by atoms with van der Waals surface area (Å²) in [5, 5.41) is 23.2. The van der Waals surface area contributed by atoms with E-state index < -0.39 is 12.1 Å². The van der Waals surface area contributed by atoms with Gasteiger partial charge in [-0.15, -0.1) is 0 Å². The van der Waals surface area contributed by atoms with Gasteiger partial charge in [-0.05, 0) is 32.1 Å². The topological polar surface area (TPSA) is 95.9 Å². The second-order valence-corrected chi connectivity index (χ2v) is 26.4. The fourth-order valence-corrected chi connectivity index (χ4v) is 12.3. The van der Waals surface area contributed by atoms with E-state index in [4.69, 9.17) is 4.74 Å². The second kappa shape index (κ2) is 72.1. The first-order valence-corrected chi connectivity index (χ1v) is 38.0. The summed E-state index contributed by atoms with van der Waals surface area (Å²) in [5.74, 6) is -0.0354. The molecular weight excluding hydrogens is 1010 g/mol. The molecule has 2 atom stereocenters. The lowest BCUT2D eigenvalue weighted by molar-refractivity contribution is -0.143. The van der Waals surface area contributed by atoms with Gasteiger partial charge in [0.1, 0.15) is 0 Å². The number of hydrogen-bond acceptors (Lipinski definition) is 5.